The molecule has 1 aliphatic rings. The number of carbonyl (C=O) groups is 1. The summed E-state index contributed by atoms with van der Waals surface area (Å²) in [5.74, 6) is 0.0710. The molecule has 1 aromatic rings. The molecule has 1 atom stereocenters. The van der Waals surface area contributed by atoms with Gasteiger partial charge in [0.05, 0.1) is 11.3 Å². The van der Waals surface area contributed by atoms with Crippen molar-refractivity contribution in [1.29, 1.82) is 0 Å². The summed E-state index contributed by atoms with van der Waals surface area (Å²) in [5, 5.41) is 0.133. The Hall–Kier alpha value is -1.09. The Morgan fingerprint density at radius 3 is 2.68 bits per heavy atom. The van der Waals surface area contributed by atoms with Gasteiger partial charge in [-0.05, 0) is 37.8 Å². The minimum atomic E-state index is -0.0402. The first-order valence-electron chi connectivity index (χ1n) is 6.69. The molecule has 1 amide bonds. The standard InChI is InChI=1S/C15H21ClN2O/c1-10-5-6-12(11(2)17-10)14(19)18-8-7-13(16)15(3,4)9-18/h5-6,13H,7-9H2,1-4H3. The number of pyridine rings is 1. The number of rotatable bonds is 1. The van der Waals surface area contributed by atoms with Crippen molar-refractivity contribution in [2.45, 2.75) is 39.5 Å². The lowest BCUT2D eigenvalue weighted by Crippen LogP contribution is -2.49. The van der Waals surface area contributed by atoms with E-state index in [4.69, 9.17) is 11.6 Å². The van der Waals surface area contributed by atoms with Gasteiger partial charge in [0, 0.05) is 24.2 Å². The van der Waals surface area contributed by atoms with Gasteiger partial charge < -0.3 is 4.90 Å². The molecule has 0 aliphatic carbocycles. The molecule has 1 unspecified atom stereocenters. The van der Waals surface area contributed by atoms with E-state index in [9.17, 15) is 4.79 Å². The minimum absolute atomic E-state index is 0.0402. The molecule has 4 heteroatoms. The topological polar surface area (TPSA) is 33.2 Å². The summed E-state index contributed by atoms with van der Waals surface area (Å²) in [5.41, 5.74) is 2.40. The number of halogens is 1. The number of amides is 1. The van der Waals surface area contributed by atoms with Gasteiger partial charge in [0.15, 0.2) is 0 Å². The maximum absolute atomic E-state index is 12.6. The maximum atomic E-state index is 12.6. The number of carbonyl (C=O) groups excluding carboxylic acids is 1. The molecule has 1 fully saturated rings. The molecule has 3 nitrogen and oxygen atoms in total. The van der Waals surface area contributed by atoms with Gasteiger partial charge in [0.2, 0.25) is 0 Å². The molecular weight excluding hydrogens is 260 g/mol. The van der Waals surface area contributed by atoms with E-state index in [0.29, 0.717) is 12.1 Å². The van der Waals surface area contributed by atoms with Crippen molar-refractivity contribution in [1.82, 2.24) is 9.88 Å². The monoisotopic (exact) mass is 280 g/mol. The molecular formula is C15H21ClN2O. The molecule has 0 saturated carbocycles. The maximum Gasteiger partial charge on any atom is 0.255 e. The summed E-state index contributed by atoms with van der Waals surface area (Å²) < 4.78 is 0. The van der Waals surface area contributed by atoms with E-state index >= 15 is 0 Å². The van der Waals surface area contributed by atoms with E-state index in [1.54, 1.807) is 0 Å². The van der Waals surface area contributed by atoms with Gasteiger partial charge in [-0.1, -0.05) is 13.8 Å². The number of aryl methyl sites for hydroxylation is 2. The number of hydrogen-bond donors (Lipinski definition) is 0. The second kappa shape index (κ2) is 5.12. The highest BCUT2D eigenvalue weighted by Gasteiger charge is 2.36. The smallest absolute Gasteiger partial charge is 0.255 e. The van der Waals surface area contributed by atoms with Gasteiger partial charge in [-0.25, -0.2) is 0 Å². The Balaban J connectivity index is 2.21. The number of likely N-dealkylation sites (tertiary alicyclic amines) is 1. The lowest BCUT2D eigenvalue weighted by atomic mass is 9.83. The van der Waals surface area contributed by atoms with Crippen LogP contribution >= 0.6 is 11.6 Å². The van der Waals surface area contributed by atoms with Crippen LogP contribution in [0.25, 0.3) is 0 Å². The van der Waals surface area contributed by atoms with Gasteiger partial charge in [-0.2, -0.15) is 0 Å². The number of nitrogens with zero attached hydrogens (tertiary/aromatic N) is 2. The highest BCUT2D eigenvalue weighted by atomic mass is 35.5. The van der Waals surface area contributed by atoms with Crippen molar-refractivity contribution in [2.75, 3.05) is 13.1 Å². The highest BCUT2D eigenvalue weighted by molar-refractivity contribution is 6.21. The third-order valence-corrected chi connectivity index (χ3v) is 4.65. The van der Waals surface area contributed by atoms with E-state index in [0.717, 1.165) is 24.4 Å². The van der Waals surface area contributed by atoms with Gasteiger partial charge in [-0.3, -0.25) is 9.78 Å². The van der Waals surface area contributed by atoms with Crippen LogP contribution in [0.4, 0.5) is 0 Å². The molecule has 0 N–H and O–H groups in total. The Morgan fingerprint density at radius 2 is 2.11 bits per heavy atom. The van der Waals surface area contributed by atoms with E-state index in [2.05, 4.69) is 18.8 Å². The first kappa shape index (κ1) is 14.3. The fourth-order valence-electron chi connectivity index (χ4n) is 2.59. The van der Waals surface area contributed by atoms with Crippen molar-refractivity contribution in [2.24, 2.45) is 5.41 Å². The second-order valence-corrected chi connectivity index (χ2v) is 6.58. The van der Waals surface area contributed by atoms with Crippen LogP contribution in [-0.4, -0.2) is 34.3 Å². The largest absolute Gasteiger partial charge is 0.338 e. The Morgan fingerprint density at radius 1 is 1.42 bits per heavy atom. The zero-order valence-corrected chi connectivity index (χ0v) is 12.8. The molecule has 104 valence electrons. The molecule has 0 bridgehead atoms. The van der Waals surface area contributed by atoms with Crippen LogP contribution in [0.5, 0.6) is 0 Å². The predicted octanol–water partition coefficient (Wildman–Crippen LogP) is 3.18. The number of aromatic nitrogens is 1. The van der Waals surface area contributed by atoms with Crippen LogP contribution in [0.15, 0.2) is 12.1 Å². The fourth-order valence-corrected chi connectivity index (χ4v) is 2.75. The molecule has 19 heavy (non-hydrogen) atoms. The summed E-state index contributed by atoms with van der Waals surface area (Å²) in [6, 6.07) is 3.76. The van der Waals surface area contributed by atoms with E-state index < -0.39 is 0 Å². The van der Waals surface area contributed by atoms with Gasteiger partial charge in [-0.15, -0.1) is 11.6 Å². The average Bonchev–Trinajstić information content (AvgIpc) is 2.32. The van der Waals surface area contributed by atoms with Crippen molar-refractivity contribution in [3.05, 3.63) is 29.1 Å². The third kappa shape index (κ3) is 2.92. The SMILES string of the molecule is Cc1ccc(C(=O)N2CCC(Cl)C(C)(C)C2)c(C)n1. The van der Waals surface area contributed by atoms with Crippen molar-refractivity contribution < 1.29 is 4.79 Å². The summed E-state index contributed by atoms with van der Waals surface area (Å²) in [6.07, 6.45) is 0.846. The normalized spacial score (nSPS) is 22.4. The van der Waals surface area contributed by atoms with Gasteiger partial charge >= 0.3 is 0 Å². The van der Waals surface area contributed by atoms with E-state index in [1.807, 2.05) is 30.9 Å². The molecule has 0 radical (unpaired) electrons. The van der Waals surface area contributed by atoms with Crippen LogP contribution in [0.3, 0.4) is 0 Å². The minimum Gasteiger partial charge on any atom is -0.338 e. The van der Waals surface area contributed by atoms with Crippen molar-refractivity contribution >= 4 is 17.5 Å². The van der Waals surface area contributed by atoms with Crippen LogP contribution < -0.4 is 0 Å². The van der Waals surface area contributed by atoms with Crippen LogP contribution in [0, 0.1) is 19.3 Å². The summed E-state index contributed by atoms with van der Waals surface area (Å²) >= 11 is 6.33. The summed E-state index contributed by atoms with van der Waals surface area (Å²) in [7, 11) is 0. The lowest BCUT2D eigenvalue weighted by molar-refractivity contribution is 0.0592. The van der Waals surface area contributed by atoms with Gasteiger partial charge in [0.1, 0.15) is 0 Å². The lowest BCUT2D eigenvalue weighted by Gasteiger charge is -2.41. The van der Waals surface area contributed by atoms with Crippen LogP contribution in [0.2, 0.25) is 0 Å². The van der Waals surface area contributed by atoms with Crippen LogP contribution in [-0.2, 0) is 0 Å². The summed E-state index contributed by atoms with van der Waals surface area (Å²) in [4.78, 5) is 18.8. The van der Waals surface area contributed by atoms with Gasteiger partial charge in [0.25, 0.3) is 5.91 Å². The molecule has 1 saturated heterocycles. The van der Waals surface area contributed by atoms with Crippen molar-refractivity contribution in [3.8, 4) is 0 Å². The summed E-state index contributed by atoms with van der Waals surface area (Å²) in [6.45, 7) is 9.48. The molecule has 1 aromatic heterocycles. The average molecular weight is 281 g/mol. The van der Waals surface area contributed by atoms with E-state index in [1.165, 1.54) is 0 Å². The number of hydrogen-bond acceptors (Lipinski definition) is 2. The zero-order chi connectivity index (χ0) is 14.2. The molecule has 0 spiro atoms. The number of piperidine rings is 1. The van der Waals surface area contributed by atoms with E-state index in [-0.39, 0.29) is 16.7 Å². The first-order chi connectivity index (χ1) is 8.81. The van der Waals surface area contributed by atoms with Crippen molar-refractivity contribution in [3.63, 3.8) is 0 Å². The predicted molar refractivity (Wildman–Crippen MR) is 77.7 cm³/mol. The highest BCUT2D eigenvalue weighted by Crippen LogP contribution is 2.33. The van der Waals surface area contributed by atoms with Crippen LogP contribution in [0.1, 0.15) is 42.0 Å². The molecule has 1 aliphatic heterocycles. The Labute approximate surface area is 120 Å². The Bertz CT molecular complexity index is 499. The second-order valence-electron chi connectivity index (χ2n) is 6.06. The Kier molecular flexibility index (Phi) is 3.86. The third-order valence-electron chi connectivity index (χ3n) is 3.84. The number of alkyl halides is 1. The first-order valence-corrected chi connectivity index (χ1v) is 7.12. The molecule has 2 heterocycles. The fraction of sp³-hybridized carbons (Fsp3) is 0.600. The molecule has 2 rings (SSSR count). The zero-order valence-electron chi connectivity index (χ0n) is 12.0. The molecule has 0 aromatic carbocycles. The quantitative estimate of drug-likeness (QED) is 0.740.